The molecule has 1 aromatic rings. The molecule has 0 aliphatic carbocycles. The van der Waals surface area contributed by atoms with Gasteiger partial charge in [0, 0.05) is 4.88 Å². The number of carbonyl (C=O) groups is 1. The summed E-state index contributed by atoms with van der Waals surface area (Å²) in [4.78, 5) is 11.8. The van der Waals surface area contributed by atoms with Crippen LogP contribution in [0.2, 0.25) is 0 Å². The first kappa shape index (κ1) is 14.1. The molecule has 0 unspecified atom stereocenters. The Hall–Kier alpha value is -0.920. The third-order valence-corrected chi connectivity index (χ3v) is 5.13. The number of hydrogen-bond donors (Lipinski definition) is 2. The predicted molar refractivity (Wildman–Crippen MR) is 65.6 cm³/mol. The van der Waals surface area contributed by atoms with Gasteiger partial charge in [0.15, 0.2) is 0 Å². The lowest BCUT2D eigenvalue weighted by atomic mass is 10.1. The maximum Gasteiger partial charge on any atom is 0.322 e. The Kier molecular flexibility index (Phi) is 4.29. The van der Waals surface area contributed by atoms with Crippen LogP contribution in [0.15, 0.2) is 16.3 Å². The van der Waals surface area contributed by atoms with Gasteiger partial charge in [0.2, 0.25) is 0 Å². The van der Waals surface area contributed by atoms with Crippen molar-refractivity contribution in [2.45, 2.75) is 31.0 Å². The second-order valence-corrected chi connectivity index (χ2v) is 7.28. The quantitative estimate of drug-likeness (QED) is 0.853. The lowest BCUT2D eigenvalue weighted by Crippen LogP contribution is -2.43. The Morgan fingerprint density at radius 3 is 2.35 bits per heavy atom. The van der Waals surface area contributed by atoms with E-state index >= 15 is 0 Å². The molecule has 0 amide bonds. The fraction of sp³-hybridized carbons (Fsp3) is 0.500. The smallest absolute Gasteiger partial charge is 0.322 e. The molecule has 17 heavy (non-hydrogen) atoms. The number of aryl methyl sites for hydroxylation is 1. The molecule has 0 aliphatic rings. The number of sulfonamides is 1. The van der Waals surface area contributed by atoms with Crippen LogP contribution < -0.4 is 4.72 Å². The zero-order chi connectivity index (χ0) is 13.2. The predicted octanol–water partition coefficient (Wildman–Crippen LogP) is 1.44. The molecule has 7 heteroatoms. The second kappa shape index (κ2) is 5.16. The van der Waals surface area contributed by atoms with E-state index in [1.807, 2.05) is 0 Å². The molecule has 1 aromatic heterocycles. The van der Waals surface area contributed by atoms with Crippen LogP contribution >= 0.6 is 11.3 Å². The van der Waals surface area contributed by atoms with Crippen LogP contribution in [0.5, 0.6) is 0 Å². The summed E-state index contributed by atoms with van der Waals surface area (Å²) in [6.07, 6.45) is 0. The number of rotatable bonds is 5. The highest BCUT2D eigenvalue weighted by atomic mass is 32.2. The van der Waals surface area contributed by atoms with Crippen LogP contribution in [0, 0.1) is 12.8 Å². The van der Waals surface area contributed by atoms with Crippen molar-refractivity contribution in [3.8, 4) is 0 Å². The monoisotopic (exact) mass is 277 g/mol. The van der Waals surface area contributed by atoms with E-state index in [1.54, 1.807) is 26.8 Å². The van der Waals surface area contributed by atoms with E-state index in [4.69, 9.17) is 5.11 Å². The fourth-order valence-electron chi connectivity index (χ4n) is 1.25. The molecular weight excluding hydrogens is 262 g/mol. The number of aliphatic carboxylic acids is 1. The van der Waals surface area contributed by atoms with Crippen LogP contribution in [-0.2, 0) is 14.8 Å². The summed E-state index contributed by atoms with van der Waals surface area (Å²) in [6, 6.07) is 2.05. The molecule has 5 nitrogen and oxygen atoms in total. The van der Waals surface area contributed by atoms with Crippen LogP contribution in [0.3, 0.4) is 0 Å². The van der Waals surface area contributed by atoms with Gasteiger partial charge in [-0.25, -0.2) is 8.42 Å². The van der Waals surface area contributed by atoms with Gasteiger partial charge in [-0.05, 0) is 25.0 Å². The van der Waals surface area contributed by atoms with Crippen LogP contribution in [-0.4, -0.2) is 25.5 Å². The van der Waals surface area contributed by atoms with Crippen molar-refractivity contribution in [1.29, 1.82) is 0 Å². The first-order valence-electron chi connectivity index (χ1n) is 5.05. The fourth-order valence-corrected chi connectivity index (χ4v) is 3.89. The first-order valence-corrected chi connectivity index (χ1v) is 7.35. The molecule has 0 fully saturated rings. The van der Waals surface area contributed by atoms with Crippen molar-refractivity contribution in [3.63, 3.8) is 0 Å². The summed E-state index contributed by atoms with van der Waals surface area (Å²) in [7, 11) is -3.74. The van der Waals surface area contributed by atoms with Crippen LogP contribution in [0.4, 0.5) is 0 Å². The summed E-state index contributed by atoms with van der Waals surface area (Å²) in [5.41, 5.74) is 0. The first-order chi connectivity index (χ1) is 7.74. The van der Waals surface area contributed by atoms with Crippen molar-refractivity contribution < 1.29 is 18.3 Å². The summed E-state index contributed by atoms with van der Waals surface area (Å²) in [5, 5.41) is 8.94. The van der Waals surface area contributed by atoms with E-state index in [9.17, 15) is 13.2 Å². The Labute approximate surface area is 105 Å². The van der Waals surface area contributed by atoms with Gasteiger partial charge in [-0.2, -0.15) is 4.72 Å². The molecule has 1 heterocycles. The van der Waals surface area contributed by atoms with Gasteiger partial charge in [-0.15, -0.1) is 11.3 Å². The summed E-state index contributed by atoms with van der Waals surface area (Å²) < 4.78 is 26.1. The van der Waals surface area contributed by atoms with E-state index < -0.39 is 22.0 Å². The van der Waals surface area contributed by atoms with Gasteiger partial charge >= 0.3 is 5.97 Å². The average molecular weight is 277 g/mol. The molecule has 1 rings (SSSR count). The van der Waals surface area contributed by atoms with Gasteiger partial charge < -0.3 is 5.11 Å². The van der Waals surface area contributed by atoms with Crippen LogP contribution in [0.25, 0.3) is 0 Å². The second-order valence-electron chi connectivity index (χ2n) is 4.05. The minimum absolute atomic E-state index is 0.141. The normalized spacial score (nSPS) is 13.9. The Balaban J connectivity index is 2.97. The largest absolute Gasteiger partial charge is 0.480 e. The molecule has 0 aliphatic heterocycles. The summed E-state index contributed by atoms with van der Waals surface area (Å²) in [6.45, 7) is 5.10. The lowest BCUT2D eigenvalue weighted by molar-refractivity contribution is -0.140. The van der Waals surface area contributed by atoms with Crippen molar-refractivity contribution in [3.05, 3.63) is 17.0 Å². The average Bonchev–Trinajstić information content (AvgIpc) is 2.61. The number of carboxylic acid groups (broad SMARTS) is 1. The molecule has 0 saturated heterocycles. The Morgan fingerprint density at radius 1 is 1.41 bits per heavy atom. The standard InChI is InChI=1S/C10H15NO4S2/c1-6(2)9(10(12)13)11-17(14,15)8-5-4-7(3)16-8/h4-6,9,11H,1-3H3,(H,12,13)/t9-/m1/s1. The molecule has 0 radical (unpaired) electrons. The zero-order valence-electron chi connectivity index (χ0n) is 9.80. The number of nitrogens with one attached hydrogen (secondary N) is 1. The lowest BCUT2D eigenvalue weighted by Gasteiger charge is -2.17. The van der Waals surface area contributed by atoms with E-state index in [0.717, 1.165) is 16.2 Å². The molecule has 0 aromatic carbocycles. The minimum atomic E-state index is -3.74. The number of hydrogen-bond acceptors (Lipinski definition) is 4. The highest BCUT2D eigenvalue weighted by Gasteiger charge is 2.28. The molecule has 0 bridgehead atoms. The van der Waals surface area contributed by atoms with Crippen molar-refractivity contribution >= 4 is 27.3 Å². The Bertz CT molecular complexity index is 504. The van der Waals surface area contributed by atoms with Crippen molar-refractivity contribution in [2.24, 2.45) is 5.92 Å². The van der Waals surface area contributed by atoms with Gasteiger partial charge in [0.1, 0.15) is 10.3 Å². The zero-order valence-corrected chi connectivity index (χ0v) is 11.4. The molecule has 1 atom stereocenters. The maximum absolute atomic E-state index is 11.9. The van der Waals surface area contributed by atoms with Crippen LogP contribution in [0.1, 0.15) is 18.7 Å². The number of thiophene rings is 1. The van der Waals surface area contributed by atoms with Gasteiger partial charge in [-0.1, -0.05) is 13.8 Å². The molecule has 96 valence electrons. The van der Waals surface area contributed by atoms with Gasteiger partial charge in [-0.3, -0.25) is 4.79 Å². The highest BCUT2D eigenvalue weighted by molar-refractivity contribution is 7.91. The molecule has 0 spiro atoms. The third-order valence-electron chi connectivity index (χ3n) is 2.20. The Morgan fingerprint density at radius 2 is 2.00 bits per heavy atom. The van der Waals surface area contributed by atoms with Gasteiger partial charge in [0.05, 0.1) is 0 Å². The molecule has 2 N–H and O–H groups in total. The maximum atomic E-state index is 11.9. The highest BCUT2D eigenvalue weighted by Crippen LogP contribution is 2.21. The third kappa shape index (κ3) is 3.52. The van der Waals surface area contributed by atoms with E-state index in [0.29, 0.717) is 0 Å². The minimum Gasteiger partial charge on any atom is -0.480 e. The van der Waals surface area contributed by atoms with Crippen molar-refractivity contribution in [1.82, 2.24) is 4.72 Å². The summed E-state index contributed by atoms with van der Waals surface area (Å²) in [5.74, 6) is -1.49. The van der Waals surface area contributed by atoms with E-state index in [-0.39, 0.29) is 10.1 Å². The van der Waals surface area contributed by atoms with Gasteiger partial charge in [0.25, 0.3) is 10.0 Å². The topological polar surface area (TPSA) is 83.5 Å². The summed E-state index contributed by atoms with van der Waals surface area (Å²) >= 11 is 1.12. The molecule has 0 saturated carbocycles. The van der Waals surface area contributed by atoms with E-state index in [1.165, 1.54) is 6.07 Å². The number of carboxylic acids is 1. The molecular formula is C10H15NO4S2. The van der Waals surface area contributed by atoms with E-state index in [2.05, 4.69) is 4.72 Å². The SMILES string of the molecule is Cc1ccc(S(=O)(=O)N[C@@H](C(=O)O)C(C)C)s1. The van der Waals surface area contributed by atoms with Crippen molar-refractivity contribution in [2.75, 3.05) is 0 Å².